The largest absolute Gasteiger partial charge is 0.327 e. The summed E-state index contributed by atoms with van der Waals surface area (Å²) in [5.74, 6) is -1.03. The van der Waals surface area contributed by atoms with Crippen LogP contribution in [0.5, 0.6) is 0 Å². The molecule has 5 nitrogen and oxygen atoms in total. The molecule has 0 aliphatic heterocycles. The number of carbonyl (C=O) groups excluding carboxylic acids is 1. The first kappa shape index (κ1) is 20.4. The fourth-order valence-corrected chi connectivity index (χ4v) is 1.68. The molecule has 0 aliphatic rings. The molecule has 2 aromatic rings. The lowest BCUT2D eigenvalue weighted by Gasteiger charge is -2.15. The zero-order valence-corrected chi connectivity index (χ0v) is 13.8. The lowest BCUT2D eigenvalue weighted by atomic mass is 10.0. The van der Waals surface area contributed by atoms with Gasteiger partial charge in [0.05, 0.1) is 5.92 Å². The van der Waals surface area contributed by atoms with E-state index in [0.29, 0.717) is 11.4 Å². The SMILES string of the molecule is CC(N)C(C)C(=O)Nc1ccc(-n2cccn2)c(F)c1.Cl.Cl. The molecular formula is C14H19Cl2FN4O. The van der Waals surface area contributed by atoms with Gasteiger partial charge in [-0.05, 0) is 31.2 Å². The van der Waals surface area contributed by atoms with Gasteiger partial charge >= 0.3 is 0 Å². The van der Waals surface area contributed by atoms with Crippen LogP contribution >= 0.6 is 24.8 Å². The van der Waals surface area contributed by atoms with Crippen LogP contribution in [-0.2, 0) is 4.79 Å². The van der Waals surface area contributed by atoms with E-state index >= 15 is 0 Å². The fourth-order valence-electron chi connectivity index (χ4n) is 1.68. The summed E-state index contributed by atoms with van der Waals surface area (Å²) in [6.07, 6.45) is 3.22. The van der Waals surface area contributed by atoms with Crippen LogP contribution in [0, 0.1) is 11.7 Å². The zero-order chi connectivity index (χ0) is 14.7. The number of hydrogen-bond donors (Lipinski definition) is 2. The molecule has 3 N–H and O–H groups in total. The van der Waals surface area contributed by atoms with Crippen LogP contribution in [0.25, 0.3) is 5.69 Å². The van der Waals surface area contributed by atoms with Crippen molar-refractivity contribution >= 4 is 36.4 Å². The van der Waals surface area contributed by atoms with E-state index in [2.05, 4.69) is 10.4 Å². The topological polar surface area (TPSA) is 72.9 Å². The van der Waals surface area contributed by atoms with Crippen molar-refractivity contribution < 1.29 is 9.18 Å². The highest BCUT2D eigenvalue weighted by Gasteiger charge is 2.17. The van der Waals surface area contributed by atoms with Crippen LogP contribution in [0.15, 0.2) is 36.7 Å². The minimum atomic E-state index is -0.458. The Morgan fingerprint density at radius 3 is 2.55 bits per heavy atom. The number of halogens is 3. The van der Waals surface area contributed by atoms with E-state index in [-0.39, 0.29) is 42.7 Å². The van der Waals surface area contributed by atoms with Crippen molar-refractivity contribution in [3.63, 3.8) is 0 Å². The van der Waals surface area contributed by atoms with E-state index in [1.807, 2.05) is 0 Å². The van der Waals surface area contributed by atoms with Crippen molar-refractivity contribution in [3.8, 4) is 5.69 Å². The monoisotopic (exact) mass is 348 g/mol. The predicted molar refractivity (Wildman–Crippen MR) is 89.5 cm³/mol. The molecular weight excluding hydrogens is 330 g/mol. The van der Waals surface area contributed by atoms with E-state index in [9.17, 15) is 9.18 Å². The van der Waals surface area contributed by atoms with Crippen LogP contribution < -0.4 is 11.1 Å². The van der Waals surface area contributed by atoms with Crippen molar-refractivity contribution in [3.05, 3.63) is 42.5 Å². The normalized spacial score (nSPS) is 12.5. The molecule has 22 heavy (non-hydrogen) atoms. The molecule has 8 heteroatoms. The Morgan fingerprint density at radius 2 is 2.05 bits per heavy atom. The van der Waals surface area contributed by atoms with Gasteiger partial charge in [-0.15, -0.1) is 24.8 Å². The molecule has 0 saturated carbocycles. The van der Waals surface area contributed by atoms with Crippen molar-refractivity contribution in [2.75, 3.05) is 5.32 Å². The third kappa shape index (κ3) is 4.69. The number of nitrogens with one attached hydrogen (secondary N) is 1. The number of anilines is 1. The van der Waals surface area contributed by atoms with Gasteiger partial charge in [0.25, 0.3) is 0 Å². The maximum absolute atomic E-state index is 14.0. The second kappa shape index (κ2) is 8.73. The highest BCUT2D eigenvalue weighted by molar-refractivity contribution is 5.92. The summed E-state index contributed by atoms with van der Waals surface area (Å²) in [5, 5.41) is 6.61. The highest BCUT2D eigenvalue weighted by atomic mass is 35.5. The summed E-state index contributed by atoms with van der Waals surface area (Å²) in [6.45, 7) is 3.49. The summed E-state index contributed by atoms with van der Waals surface area (Å²) >= 11 is 0. The quantitative estimate of drug-likeness (QED) is 0.892. The molecule has 1 aromatic carbocycles. The molecule has 1 aromatic heterocycles. The molecule has 2 unspecified atom stereocenters. The number of aromatic nitrogens is 2. The summed E-state index contributed by atoms with van der Waals surface area (Å²) in [5.41, 5.74) is 6.39. The van der Waals surface area contributed by atoms with Crippen molar-refractivity contribution in [1.82, 2.24) is 9.78 Å². The fraction of sp³-hybridized carbons (Fsp3) is 0.286. The lowest BCUT2D eigenvalue weighted by molar-refractivity contribution is -0.119. The maximum Gasteiger partial charge on any atom is 0.228 e. The number of rotatable bonds is 4. The summed E-state index contributed by atoms with van der Waals surface area (Å²) in [7, 11) is 0. The first-order valence-electron chi connectivity index (χ1n) is 6.35. The lowest BCUT2D eigenvalue weighted by Crippen LogP contribution is -2.34. The third-order valence-electron chi connectivity index (χ3n) is 3.17. The predicted octanol–water partition coefficient (Wildman–Crippen LogP) is 2.78. The van der Waals surface area contributed by atoms with Gasteiger partial charge < -0.3 is 11.1 Å². The van der Waals surface area contributed by atoms with Gasteiger partial charge in [0.15, 0.2) is 5.82 Å². The summed E-state index contributed by atoms with van der Waals surface area (Å²) < 4.78 is 15.4. The Balaban J connectivity index is 0.00000220. The minimum Gasteiger partial charge on any atom is -0.327 e. The molecule has 0 radical (unpaired) electrons. The molecule has 1 heterocycles. The number of amides is 1. The van der Waals surface area contributed by atoms with Crippen molar-refractivity contribution in [1.29, 1.82) is 0 Å². The molecule has 0 bridgehead atoms. The second-order valence-electron chi connectivity index (χ2n) is 4.75. The summed E-state index contributed by atoms with van der Waals surface area (Å²) in [4.78, 5) is 11.8. The van der Waals surface area contributed by atoms with E-state index in [1.165, 1.54) is 10.7 Å². The first-order chi connectivity index (χ1) is 9.49. The van der Waals surface area contributed by atoms with Crippen LogP contribution in [-0.4, -0.2) is 21.7 Å². The number of hydrogen-bond acceptors (Lipinski definition) is 3. The van der Waals surface area contributed by atoms with Gasteiger partial charge in [-0.2, -0.15) is 5.10 Å². The van der Waals surface area contributed by atoms with Gasteiger partial charge in [0, 0.05) is 24.1 Å². The molecule has 2 atom stereocenters. The van der Waals surface area contributed by atoms with Crippen LogP contribution in [0.2, 0.25) is 0 Å². The Kier molecular flexibility index (Phi) is 8.08. The first-order valence-corrected chi connectivity index (χ1v) is 6.35. The molecule has 0 saturated heterocycles. The third-order valence-corrected chi connectivity index (χ3v) is 3.17. The standard InChI is InChI=1S/C14H17FN4O.2ClH/c1-9(10(2)16)14(20)18-11-4-5-13(12(15)8-11)19-7-3-6-17-19;;/h3-10H,16H2,1-2H3,(H,18,20);2*1H. The minimum absolute atomic E-state index is 0. The maximum atomic E-state index is 14.0. The Hall–Kier alpha value is -1.63. The molecule has 0 aliphatic carbocycles. The van der Waals surface area contributed by atoms with Gasteiger partial charge in [-0.1, -0.05) is 6.92 Å². The van der Waals surface area contributed by atoms with Crippen LogP contribution in [0.1, 0.15) is 13.8 Å². The number of carbonyl (C=O) groups is 1. The number of nitrogens with zero attached hydrogens (tertiary/aromatic N) is 2. The average molecular weight is 349 g/mol. The number of benzene rings is 1. The second-order valence-corrected chi connectivity index (χ2v) is 4.75. The summed E-state index contributed by atoms with van der Waals surface area (Å²) in [6, 6.07) is 5.91. The molecule has 1 amide bonds. The smallest absolute Gasteiger partial charge is 0.228 e. The van der Waals surface area contributed by atoms with Gasteiger partial charge in [-0.3, -0.25) is 4.79 Å². The highest BCUT2D eigenvalue weighted by Crippen LogP contribution is 2.18. The molecule has 2 rings (SSSR count). The average Bonchev–Trinajstić information content (AvgIpc) is 2.91. The van der Waals surface area contributed by atoms with E-state index in [0.717, 1.165) is 0 Å². The Labute approximate surface area is 140 Å². The molecule has 0 spiro atoms. The van der Waals surface area contributed by atoms with Gasteiger partial charge in [0.1, 0.15) is 5.69 Å². The molecule has 0 fully saturated rings. The van der Waals surface area contributed by atoms with Crippen molar-refractivity contribution in [2.45, 2.75) is 19.9 Å². The van der Waals surface area contributed by atoms with E-state index in [4.69, 9.17) is 5.73 Å². The van der Waals surface area contributed by atoms with Gasteiger partial charge in [-0.25, -0.2) is 9.07 Å². The molecule has 122 valence electrons. The van der Waals surface area contributed by atoms with Crippen LogP contribution in [0.4, 0.5) is 10.1 Å². The Morgan fingerprint density at radius 1 is 1.36 bits per heavy atom. The Bertz CT molecular complexity index is 605. The van der Waals surface area contributed by atoms with E-state index < -0.39 is 5.82 Å². The number of nitrogens with two attached hydrogens (primary N) is 1. The van der Waals surface area contributed by atoms with Gasteiger partial charge in [0.2, 0.25) is 5.91 Å². The van der Waals surface area contributed by atoms with Crippen molar-refractivity contribution in [2.24, 2.45) is 11.7 Å². The van der Waals surface area contributed by atoms with Crippen LogP contribution in [0.3, 0.4) is 0 Å². The zero-order valence-electron chi connectivity index (χ0n) is 12.2. The van der Waals surface area contributed by atoms with E-state index in [1.54, 1.807) is 44.4 Å².